The molecule has 3 nitrogen and oxygen atoms in total. The molecule has 2 rings (SSSR count). The van der Waals surface area contributed by atoms with E-state index in [1.807, 2.05) is 0 Å². The summed E-state index contributed by atoms with van der Waals surface area (Å²) < 4.78 is 10.7. The van der Waals surface area contributed by atoms with Gasteiger partial charge in [-0.3, -0.25) is 0 Å². The predicted octanol–water partition coefficient (Wildman–Crippen LogP) is 4.19. The van der Waals surface area contributed by atoms with Gasteiger partial charge in [-0.1, -0.05) is 23.2 Å². The van der Waals surface area contributed by atoms with Crippen LogP contribution in [-0.4, -0.2) is 12.1 Å². The SMILES string of the molecule is COc1cc(Cl)cc(Oc2ccnc(Cl)c2)c1. The van der Waals surface area contributed by atoms with Crippen molar-refractivity contribution in [2.45, 2.75) is 0 Å². The van der Waals surface area contributed by atoms with Gasteiger partial charge >= 0.3 is 0 Å². The van der Waals surface area contributed by atoms with Gasteiger partial charge in [0.25, 0.3) is 0 Å². The fourth-order valence-corrected chi connectivity index (χ4v) is 1.68. The van der Waals surface area contributed by atoms with E-state index in [1.54, 1.807) is 43.6 Å². The van der Waals surface area contributed by atoms with E-state index in [4.69, 9.17) is 32.7 Å². The zero-order chi connectivity index (χ0) is 12.3. The van der Waals surface area contributed by atoms with Crippen molar-refractivity contribution < 1.29 is 9.47 Å². The quantitative estimate of drug-likeness (QED) is 0.783. The second-order valence-corrected chi connectivity index (χ2v) is 4.07. The summed E-state index contributed by atoms with van der Waals surface area (Å²) in [5, 5.41) is 0.913. The molecule has 0 fully saturated rings. The molecule has 0 aliphatic carbocycles. The number of methoxy groups -OCH3 is 1. The summed E-state index contributed by atoms with van der Waals surface area (Å²) in [5.41, 5.74) is 0. The fraction of sp³-hybridized carbons (Fsp3) is 0.0833. The standard InChI is InChI=1S/C12H9Cl2NO2/c1-16-10-4-8(13)5-11(6-10)17-9-2-3-15-12(14)7-9/h2-7H,1H3. The highest BCUT2D eigenvalue weighted by Crippen LogP contribution is 2.29. The third-order valence-electron chi connectivity index (χ3n) is 2.01. The molecule has 0 atom stereocenters. The average molecular weight is 270 g/mol. The van der Waals surface area contributed by atoms with Crippen molar-refractivity contribution in [2.24, 2.45) is 0 Å². The molecule has 1 heterocycles. The minimum absolute atomic E-state index is 0.372. The molecule has 5 heteroatoms. The maximum Gasteiger partial charge on any atom is 0.132 e. The highest BCUT2D eigenvalue weighted by atomic mass is 35.5. The van der Waals surface area contributed by atoms with Crippen molar-refractivity contribution in [1.82, 2.24) is 4.98 Å². The molecule has 0 saturated carbocycles. The van der Waals surface area contributed by atoms with Crippen LogP contribution in [0.1, 0.15) is 0 Å². The van der Waals surface area contributed by atoms with Crippen molar-refractivity contribution in [2.75, 3.05) is 7.11 Å². The molecular weight excluding hydrogens is 261 g/mol. The Morgan fingerprint density at radius 3 is 2.47 bits per heavy atom. The van der Waals surface area contributed by atoms with Crippen LogP contribution in [0.3, 0.4) is 0 Å². The van der Waals surface area contributed by atoms with Gasteiger partial charge in [-0.2, -0.15) is 0 Å². The van der Waals surface area contributed by atoms with Crippen LogP contribution >= 0.6 is 23.2 Å². The van der Waals surface area contributed by atoms with Gasteiger partial charge in [0.2, 0.25) is 0 Å². The number of rotatable bonds is 3. The number of pyridine rings is 1. The summed E-state index contributed by atoms with van der Waals surface area (Å²) in [6.45, 7) is 0. The van der Waals surface area contributed by atoms with E-state index in [2.05, 4.69) is 4.98 Å². The first-order valence-electron chi connectivity index (χ1n) is 4.81. The minimum Gasteiger partial charge on any atom is -0.497 e. The number of aromatic nitrogens is 1. The Morgan fingerprint density at radius 1 is 1.00 bits per heavy atom. The maximum absolute atomic E-state index is 5.93. The first-order valence-corrected chi connectivity index (χ1v) is 5.57. The van der Waals surface area contributed by atoms with Crippen molar-refractivity contribution >= 4 is 23.2 Å². The van der Waals surface area contributed by atoms with Gasteiger partial charge in [0, 0.05) is 23.4 Å². The lowest BCUT2D eigenvalue weighted by Gasteiger charge is -2.08. The molecule has 1 aromatic heterocycles. The molecule has 17 heavy (non-hydrogen) atoms. The Kier molecular flexibility index (Phi) is 3.71. The summed E-state index contributed by atoms with van der Waals surface area (Å²) in [4.78, 5) is 3.87. The number of ether oxygens (including phenoxy) is 2. The molecule has 2 aromatic rings. The van der Waals surface area contributed by atoms with Crippen LogP contribution in [-0.2, 0) is 0 Å². The Morgan fingerprint density at radius 2 is 1.76 bits per heavy atom. The average Bonchev–Trinajstić information content (AvgIpc) is 2.28. The van der Waals surface area contributed by atoms with Crippen LogP contribution in [0.15, 0.2) is 36.5 Å². The largest absolute Gasteiger partial charge is 0.497 e. The molecule has 0 radical (unpaired) electrons. The summed E-state index contributed by atoms with van der Waals surface area (Å²) >= 11 is 11.7. The minimum atomic E-state index is 0.372. The molecule has 0 N–H and O–H groups in total. The number of hydrogen-bond acceptors (Lipinski definition) is 3. The Labute approximate surface area is 109 Å². The molecular formula is C12H9Cl2NO2. The van der Waals surface area contributed by atoms with Crippen LogP contribution in [0.4, 0.5) is 0 Å². The third kappa shape index (κ3) is 3.25. The molecule has 1 aromatic carbocycles. The first kappa shape index (κ1) is 12.0. The zero-order valence-electron chi connectivity index (χ0n) is 8.98. The zero-order valence-corrected chi connectivity index (χ0v) is 10.5. The van der Waals surface area contributed by atoms with Crippen molar-refractivity contribution in [3.05, 3.63) is 46.7 Å². The van der Waals surface area contributed by atoms with Gasteiger partial charge < -0.3 is 9.47 Å². The van der Waals surface area contributed by atoms with Gasteiger partial charge in [0.15, 0.2) is 0 Å². The lowest BCUT2D eigenvalue weighted by molar-refractivity contribution is 0.409. The highest BCUT2D eigenvalue weighted by molar-refractivity contribution is 6.30. The lowest BCUT2D eigenvalue weighted by Crippen LogP contribution is -1.88. The monoisotopic (exact) mass is 269 g/mol. The lowest BCUT2D eigenvalue weighted by atomic mass is 10.3. The number of halogens is 2. The normalized spacial score (nSPS) is 10.1. The van der Waals surface area contributed by atoms with Gasteiger partial charge in [0.05, 0.1) is 7.11 Å². The van der Waals surface area contributed by atoms with Crippen LogP contribution in [0.2, 0.25) is 10.2 Å². The van der Waals surface area contributed by atoms with E-state index >= 15 is 0 Å². The topological polar surface area (TPSA) is 31.4 Å². The molecule has 88 valence electrons. The van der Waals surface area contributed by atoms with Crippen molar-refractivity contribution in [1.29, 1.82) is 0 Å². The molecule has 0 aliphatic rings. The van der Waals surface area contributed by atoms with Crippen LogP contribution in [0.25, 0.3) is 0 Å². The van der Waals surface area contributed by atoms with Crippen LogP contribution in [0.5, 0.6) is 17.2 Å². The van der Waals surface area contributed by atoms with Crippen molar-refractivity contribution in [3.63, 3.8) is 0 Å². The van der Waals surface area contributed by atoms with Gasteiger partial charge in [0.1, 0.15) is 22.4 Å². The molecule has 0 unspecified atom stereocenters. The van der Waals surface area contributed by atoms with Crippen LogP contribution < -0.4 is 9.47 Å². The van der Waals surface area contributed by atoms with Gasteiger partial charge in [-0.05, 0) is 18.2 Å². The molecule has 0 saturated heterocycles. The molecule has 0 amide bonds. The van der Waals surface area contributed by atoms with E-state index in [9.17, 15) is 0 Å². The fourth-order valence-electron chi connectivity index (χ4n) is 1.30. The van der Waals surface area contributed by atoms with Crippen LogP contribution in [0, 0.1) is 0 Å². The Hall–Kier alpha value is -1.45. The second kappa shape index (κ2) is 5.25. The van der Waals surface area contributed by atoms with E-state index in [1.165, 1.54) is 0 Å². The smallest absolute Gasteiger partial charge is 0.132 e. The Bertz CT molecular complexity index is 532. The van der Waals surface area contributed by atoms with Gasteiger partial charge in [-0.15, -0.1) is 0 Å². The van der Waals surface area contributed by atoms with E-state index in [0.717, 1.165) is 0 Å². The van der Waals surface area contributed by atoms with E-state index in [-0.39, 0.29) is 0 Å². The van der Waals surface area contributed by atoms with E-state index in [0.29, 0.717) is 27.4 Å². The molecule has 0 aliphatic heterocycles. The third-order valence-corrected chi connectivity index (χ3v) is 2.44. The summed E-state index contributed by atoms with van der Waals surface area (Å²) in [7, 11) is 1.57. The summed E-state index contributed by atoms with van der Waals surface area (Å²) in [5.74, 6) is 1.80. The molecule has 0 spiro atoms. The Balaban J connectivity index is 2.26. The van der Waals surface area contributed by atoms with E-state index < -0.39 is 0 Å². The number of nitrogens with zero attached hydrogens (tertiary/aromatic N) is 1. The number of benzene rings is 1. The van der Waals surface area contributed by atoms with Gasteiger partial charge in [-0.25, -0.2) is 4.98 Å². The first-order chi connectivity index (χ1) is 8.17. The maximum atomic E-state index is 5.93. The molecule has 0 bridgehead atoms. The number of hydrogen-bond donors (Lipinski definition) is 0. The second-order valence-electron chi connectivity index (χ2n) is 3.24. The summed E-state index contributed by atoms with van der Waals surface area (Å²) in [6, 6.07) is 8.46. The summed E-state index contributed by atoms with van der Waals surface area (Å²) in [6.07, 6.45) is 1.57. The van der Waals surface area contributed by atoms with Crippen molar-refractivity contribution in [3.8, 4) is 17.2 Å². The predicted molar refractivity (Wildman–Crippen MR) is 67.3 cm³/mol. The highest BCUT2D eigenvalue weighted by Gasteiger charge is 2.03.